The summed E-state index contributed by atoms with van der Waals surface area (Å²) in [6.07, 6.45) is 4.73. The number of nitrogens with one attached hydrogen (secondary N) is 1. The van der Waals surface area contributed by atoms with Gasteiger partial charge in [0.2, 0.25) is 0 Å². The number of amides is 1. The first-order chi connectivity index (χ1) is 9.18. The van der Waals surface area contributed by atoms with Crippen molar-refractivity contribution in [1.82, 2.24) is 14.8 Å². The summed E-state index contributed by atoms with van der Waals surface area (Å²) in [5, 5.41) is 3.55. The number of carbonyl (C=O) groups is 1. The SMILES string of the molecule is Cc1ccc(C(=O)N2CCCC2C2CCCN2)n1C. The molecule has 1 aromatic heterocycles. The smallest absolute Gasteiger partial charge is 0.270 e. The second-order valence-corrected chi connectivity index (χ2v) is 5.83. The van der Waals surface area contributed by atoms with Gasteiger partial charge in [-0.25, -0.2) is 0 Å². The molecule has 0 spiro atoms. The summed E-state index contributed by atoms with van der Waals surface area (Å²) < 4.78 is 2.00. The summed E-state index contributed by atoms with van der Waals surface area (Å²) in [5.41, 5.74) is 1.96. The van der Waals surface area contributed by atoms with Gasteiger partial charge in [0.25, 0.3) is 5.91 Å². The molecule has 3 rings (SSSR count). The monoisotopic (exact) mass is 261 g/mol. The molecule has 1 N–H and O–H groups in total. The fraction of sp³-hybridized carbons (Fsp3) is 0.667. The summed E-state index contributed by atoms with van der Waals surface area (Å²) in [6.45, 7) is 4.05. The first-order valence-corrected chi connectivity index (χ1v) is 7.35. The predicted molar refractivity (Wildman–Crippen MR) is 75.2 cm³/mol. The third kappa shape index (κ3) is 2.18. The van der Waals surface area contributed by atoms with Crippen molar-refractivity contribution in [3.05, 3.63) is 23.5 Å². The molecule has 4 heteroatoms. The summed E-state index contributed by atoms with van der Waals surface area (Å²) in [4.78, 5) is 14.8. The van der Waals surface area contributed by atoms with Gasteiger partial charge in [0.15, 0.2) is 0 Å². The zero-order valence-corrected chi connectivity index (χ0v) is 11.9. The van der Waals surface area contributed by atoms with Gasteiger partial charge in [-0.1, -0.05) is 0 Å². The van der Waals surface area contributed by atoms with E-state index in [1.807, 2.05) is 30.7 Å². The van der Waals surface area contributed by atoms with Crippen molar-refractivity contribution >= 4 is 5.91 Å². The number of likely N-dealkylation sites (tertiary alicyclic amines) is 1. The third-order valence-electron chi connectivity index (χ3n) is 4.71. The molecule has 1 amide bonds. The van der Waals surface area contributed by atoms with Gasteiger partial charge < -0.3 is 14.8 Å². The van der Waals surface area contributed by atoms with Crippen LogP contribution in [0.5, 0.6) is 0 Å². The number of aryl methyl sites for hydroxylation is 1. The van der Waals surface area contributed by atoms with Crippen LogP contribution in [-0.2, 0) is 7.05 Å². The predicted octanol–water partition coefficient (Wildman–Crippen LogP) is 1.69. The molecular formula is C15H23N3O. The maximum Gasteiger partial charge on any atom is 0.270 e. The van der Waals surface area contributed by atoms with Crippen LogP contribution < -0.4 is 5.32 Å². The number of aromatic nitrogens is 1. The van der Waals surface area contributed by atoms with E-state index in [1.165, 1.54) is 12.8 Å². The summed E-state index contributed by atoms with van der Waals surface area (Å²) >= 11 is 0. The van der Waals surface area contributed by atoms with Gasteiger partial charge >= 0.3 is 0 Å². The molecule has 2 fully saturated rings. The second kappa shape index (κ2) is 5.00. The van der Waals surface area contributed by atoms with Crippen molar-refractivity contribution in [2.24, 2.45) is 7.05 Å². The largest absolute Gasteiger partial charge is 0.344 e. The van der Waals surface area contributed by atoms with Gasteiger partial charge in [0, 0.05) is 31.4 Å². The standard InChI is InChI=1S/C15H23N3O/c1-11-7-8-14(17(11)2)15(19)18-10-4-6-13(18)12-5-3-9-16-12/h7-8,12-13,16H,3-6,9-10H2,1-2H3. The molecule has 0 aromatic carbocycles. The van der Waals surface area contributed by atoms with E-state index < -0.39 is 0 Å². The second-order valence-electron chi connectivity index (χ2n) is 5.83. The Balaban J connectivity index is 1.80. The molecule has 3 heterocycles. The van der Waals surface area contributed by atoms with Crippen LogP contribution in [0.25, 0.3) is 0 Å². The van der Waals surface area contributed by atoms with E-state index in [4.69, 9.17) is 0 Å². The van der Waals surface area contributed by atoms with Gasteiger partial charge in [-0.2, -0.15) is 0 Å². The van der Waals surface area contributed by atoms with Gasteiger partial charge in [-0.15, -0.1) is 0 Å². The lowest BCUT2D eigenvalue weighted by molar-refractivity contribution is 0.0701. The van der Waals surface area contributed by atoms with Crippen molar-refractivity contribution in [1.29, 1.82) is 0 Å². The van der Waals surface area contributed by atoms with Gasteiger partial charge in [0.05, 0.1) is 0 Å². The van der Waals surface area contributed by atoms with E-state index in [0.29, 0.717) is 12.1 Å². The van der Waals surface area contributed by atoms with Crippen molar-refractivity contribution in [3.63, 3.8) is 0 Å². The Morgan fingerprint density at radius 1 is 1.32 bits per heavy atom. The lowest BCUT2D eigenvalue weighted by Gasteiger charge is -2.29. The Kier molecular flexibility index (Phi) is 3.35. The first-order valence-electron chi connectivity index (χ1n) is 7.35. The quantitative estimate of drug-likeness (QED) is 0.879. The average molecular weight is 261 g/mol. The Morgan fingerprint density at radius 3 is 2.79 bits per heavy atom. The van der Waals surface area contributed by atoms with E-state index in [0.717, 1.165) is 37.3 Å². The molecule has 1 aromatic rings. The highest BCUT2D eigenvalue weighted by Crippen LogP contribution is 2.26. The highest BCUT2D eigenvalue weighted by Gasteiger charge is 2.36. The molecule has 104 valence electrons. The molecule has 0 bridgehead atoms. The molecule has 2 saturated heterocycles. The van der Waals surface area contributed by atoms with Crippen molar-refractivity contribution in [2.75, 3.05) is 13.1 Å². The zero-order chi connectivity index (χ0) is 13.4. The third-order valence-corrected chi connectivity index (χ3v) is 4.71. The Hall–Kier alpha value is -1.29. The summed E-state index contributed by atoms with van der Waals surface area (Å²) in [5.74, 6) is 0.201. The van der Waals surface area contributed by atoms with Crippen LogP contribution in [0.15, 0.2) is 12.1 Å². The van der Waals surface area contributed by atoms with Crippen molar-refractivity contribution < 1.29 is 4.79 Å². The van der Waals surface area contributed by atoms with E-state index in [-0.39, 0.29) is 5.91 Å². The molecule has 19 heavy (non-hydrogen) atoms. The van der Waals surface area contributed by atoms with Gasteiger partial charge in [-0.05, 0) is 51.3 Å². The number of hydrogen-bond acceptors (Lipinski definition) is 2. The maximum atomic E-state index is 12.7. The first kappa shape index (κ1) is 12.7. The normalized spacial score (nSPS) is 27.2. The average Bonchev–Trinajstić information content (AvgIpc) is 3.11. The van der Waals surface area contributed by atoms with E-state index in [2.05, 4.69) is 10.2 Å². The lowest BCUT2D eigenvalue weighted by atomic mass is 10.0. The van der Waals surface area contributed by atoms with E-state index in [1.54, 1.807) is 0 Å². The van der Waals surface area contributed by atoms with Gasteiger partial charge in [0.1, 0.15) is 5.69 Å². The molecule has 4 nitrogen and oxygen atoms in total. The molecule has 2 unspecified atom stereocenters. The number of carbonyl (C=O) groups excluding carboxylic acids is 1. The van der Waals surface area contributed by atoms with Crippen LogP contribution in [0.4, 0.5) is 0 Å². The van der Waals surface area contributed by atoms with Crippen LogP contribution in [0.3, 0.4) is 0 Å². The topological polar surface area (TPSA) is 37.3 Å². The fourth-order valence-corrected chi connectivity index (χ4v) is 3.48. The molecule has 0 radical (unpaired) electrons. The summed E-state index contributed by atoms with van der Waals surface area (Å²) in [7, 11) is 1.97. The molecular weight excluding hydrogens is 238 g/mol. The minimum absolute atomic E-state index is 0.201. The minimum Gasteiger partial charge on any atom is -0.344 e. The minimum atomic E-state index is 0.201. The Morgan fingerprint density at radius 2 is 2.16 bits per heavy atom. The number of rotatable bonds is 2. The maximum absolute atomic E-state index is 12.7. The highest BCUT2D eigenvalue weighted by molar-refractivity contribution is 5.93. The Labute approximate surface area is 114 Å². The number of nitrogens with zero attached hydrogens (tertiary/aromatic N) is 2. The fourth-order valence-electron chi connectivity index (χ4n) is 3.48. The summed E-state index contributed by atoms with van der Waals surface area (Å²) in [6, 6.07) is 4.87. The number of hydrogen-bond donors (Lipinski definition) is 1. The van der Waals surface area contributed by atoms with Crippen LogP contribution >= 0.6 is 0 Å². The van der Waals surface area contributed by atoms with Gasteiger partial charge in [-0.3, -0.25) is 4.79 Å². The Bertz CT molecular complexity index is 474. The van der Waals surface area contributed by atoms with Crippen LogP contribution in [-0.4, -0.2) is 40.5 Å². The zero-order valence-electron chi connectivity index (χ0n) is 11.9. The van der Waals surface area contributed by atoms with Crippen molar-refractivity contribution in [3.8, 4) is 0 Å². The highest BCUT2D eigenvalue weighted by atomic mass is 16.2. The van der Waals surface area contributed by atoms with Crippen molar-refractivity contribution in [2.45, 2.75) is 44.7 Å². The van der Waals surface area contributed by atoms with Crippen LogP contribution in [0, 0.1) is 6.92 Å². The van der Waals surface area contributed by atoms with E-state index >= 15 is 0 Å². The molecule has 2 aliphatic rings. The molecule has 0 saturated carbocycles. The van der Waals surface area contributed by atoms with Crippen LogP contribution in [0.1, 0.15) is 41.9 Å². The lowest BCUT2D eigenvalue weighted by Crippen LogP contribution is -2.46. The van der Waals surface area contributed by atoms with Crippen LogP contribution in [0.2, 0.25) is 0 Å². The molecule has 2 atom stereocenters. The molecule has 0 aliphatic carbocycles. The van der Waals surface area contributed by atoms with E-state index in [9.17, 15) is 4.79 Å². The molecule has 2 aliphatic heterocycles.